The van der Waals surface area contributed by atoms with Crippen molar-refractivity contribution in [3.8, 4) is 0 Å². The number of ketones is 1. The number of hydrogen-bond acceptors (Lipinski definition) is 12. The molecule has 0 spiro atoms. The lowest BCUT2D eigenvalue weighted by Crippen LogP contribution is -2.60. The molecule has 2 aromatic rings. The van der Waals surface area contributed by atoms with E-state index >= 15 is 0 Å². The summed E-state index contributed by atoms with van der Waals surface area (Å²) in [6.07, 6.45) is -4.06. The highest BCUT2D eigenvalue weighted by Gasteiger charge is 2.42. The Morgan fingerprint density at radius 2 is 1.50 bits per heavy atom. The van der Waals surface area contributed by atoms with Crippen LogP contribution in [0.3, 0.4) is 0 Å². The summed E-state index contributed by atoms with van der Waals surface area (Å²) < 4.78 is 75.7. The number of amides is 3. The molecule has 1 unspecified atom stereocenters. The Bertz CT molecular complexity index is 1450. The van der Waals surface area contributed by atoms with E-state index in [9.17, 15) is 45.9 Å². The molecule has 256 valence electrons. The summed E-state index contributed by atoms with van der Waals surface area (Å²) in [7, 11) is -2.71. The van der Waals surface area contributed by atoms with Crippen LogP contribution in [0.1, 0.15) is 27.2 Å². The predicted molar refractivity (Wildman–Crippen MR) is 157 cm³/mol. The molecular formula is C27H35F3N4O10S2. The molecule has 0 aliphatic rings. The van der Waals surface area contributed by atoms with Gasteiger partial charge < -0.3 is 30.5 Å². The van der Waals surface area contributed by atoms with E-state index in [4.69, 9.17) is 9.47 Å². The molecule has 0 fully saturated rings. The monoisotopic (exact) mass is 696 g/mol. The number of methoxy groups -OCH3 is 2. The third kappa shape index (κ3) is 12.7. The van der Waals surface area contributed by atoms with Crippen LogP contribution < -0.4 is 16.0 Å². The summed E-state index contributed by atoms with van der Waals surface area (Å²) in [4.78, 5) is 56.8. The fraction of sp³-hybridized carbons (Fsp3) is 0.519. The number of nitrogens with zero attached hydrogens (tertiary/aromatic N) is 1. The number of carbonyl (C=O) groups excluding carboxylic acids is 4. The van der Waals surface area contributed by atoms with Crippen LogP contribution in [0.15, 0.2) is 36.5 Å². The van der Waals surface area contributed by atoms with E-state index in [0.29, 0.717) is 10.6 Å². The van der Waals surface area contributed by atoms with E-state index < -0.39 is 82.5 Å². The van der Waals surface area contributed by atoms with Crippen LogP contribution in [0.5, 0.6) is 0 Å². The van der Waals surface area contributed by atoms with Gasteiger partial charge in [-0.15, -0.1) is 11.3 Å². The minimum absolute atomic E-state index is 0.224. The van der Waals surface area contributed by atoms with Gasteiger partial charge in [0.1, 0.15) is 29.2 Å². The molecule has 0 saturated heterocycles. The van der Waals surface area contributed by atoms with Crippen LogP contribution in [-0.4, -0.2) is 112 Å². The number of rotatable bonds is 18. The molecule has 0 radical (unpaired) electrons. The zero-order chi connectivity index (χ0) is 34.7. The first-order valence-corrected chi connectivity index (χ1v) is 15.8. The lowest BCUT2D eigenvalue weighted by molar-refractivity contribution is -0.143. The average Bonchev–Trinajstić information content (AvgIpc) is 3.40. The predicted octanol–water partition coefficient (Wildman–Crippen LogP) is 0.284. The number of nitrogens with one attached hydrogen (secondary N) is 3. The Labute approximate surface area is 267 Å². The number of benzene rings is 1. The van der Waals surface area contributed by atoms with Gasteiger partial charge in [-0.05, 0) is 25.8 Å². The van der Waals surface area contributed by atoms with E-state index in [1.54, 1.807) is 37.3 Å². The zero-order valence-electron chi connectivity index (χ0n) is 25.3. The van der Waals surface area contributed by atoms with Crippen LogP contribution in [0, 0.1) is 6.92 Å². The Morgan fingerprint density at radius 3 is 2.00 bits per heavy atom. The fourth-order valence-corrected chi connectivity index (χ4v) is 5.47. The topological polar surface area (TPSA) is 199 Å². The number of aliphatic hydroxyl groups is 1. The van der Waals surface area contributed by atoms with Crippen molar-refractivity contribution in [1.29, 1.82) is 0 Å². The van der Waals surface area contributed by atoms with Crippen LogP contribution in [-0.2, 0) is 44.6 Å². The summed E-state index contributed by atoms with van der Waals surface area (Å²) in [5.41, 5.74) is -2.20. The zero-order valence-corrected chi connectivity index (χ0v) is 26.9. The summed E-state index contributed by atoms with van der Waals surface area (Å²) in [6, 6.07) is 3.77. The normalized spacial score (nSPS) is 15.2. The molecule has 46 heavy (non-hydrogen) atoms. The van der Waals surface area contributed by atoms with Crippen molar-refractivity contribution in [2.24, 2.45) is 0 Å². The molecule has 0 aliphatic carbocycles. The first kappa shape index (κ1) is 38.7. The molecule has 14 nitrogen and oxygen atoms in total. The second kappa shape index (κ2) is 16.9. The van der Waals surface area contributed by atoms with Crippen LogP contribution >= 0.6 is 11.3 Å². The SMILES string of the molecule is COC[C@H](NC(=O)c1cnc(C)s1)C(=O)N[C@H](COC)C(=O)N[C@@H](Cc1ccccc1)C(=O)C(C)(O)COS(=O)(=O)CC(F)(F)F. The van der Waals surface area contributed by atoms with E-state index in [0.717, 1.165) is 18.3 Å². The number of aromatic nitrogens is 1. The lowest BCUT2D eigenvalue weighted by Gasteiger charge is -2.29. The summed E-state index contributed by atoms with van der Waals surface area (Å²) >= 11 is 1.09. The smallest absolute Gasteiger partial charge is 0.382 e. The van der Waals surface area contributed by atoms with Gasteiger partial charge in [-0.2, -0.15) is 21.6 Å². The highest BCUT2D eigenvalue weighted by Crippen LogP contribution is 2.20. The molecule has 2 rings (SSSR count). The van der Waals surface area contributed by atoms with Gasteiger partial charge in [0.2, 0.25) is 11.8 Å². The van der Waals surface area contributed by atoms with Crippen molar-refractivity contribution < 1.29 is 59.5 Å². The molecule has 3 amide bonds. The van der Waals surface area contributed by atoms with Gasteiger partial charge in [-0.3, -0.25) is 23.4 Å². The summed E-state index contributed by atoms with van der Waals surface area (Å²) in [5, 5.41) is 18.7. The van der Waals surface area contributed by atoms with Gasteiger partial charge in [0.05, 0.1) is 30.5 Å². The molecule has 4 atom stereocenters. The first-order valence-electron chi connectivity index (χ1n) is 13.4. The molecule has 19 heteroatoms. The third-order valence-electron chi connectivity index (χ3n) is 6.07. The standard InChI is InChI=1S/C27H35F3N4O10S2/c1-16-31-11-21(45-16)25(38)34-20(13-43-4)24(37)33-19(12-42-3)23(36)32-18(10-17-8-6-5-7-9-17)22(35)26(2,39)14-44-46(40,41)15-27(28,29)30/h5-9,11,18-20,39H,10,12-15H2,1-4H3,(H,32,36)(H,33,37)(H,34,38)/t18-,19+,20-,26?/m0/s1. The molecule has 1 aromatic heterocycles. The molecule has 0 aliphatic heterocycles. The Hall–Kier alpha value is -3.49. The quantitative estimate of drug-likeness (QED) is 0.156. The maximum atomic E-state index is 13.4. The number of aryl methyl sites for hydroxylation is 1. The Morgan fingerprint density at radius 1 is 0.957 bits per heavy atom. The van der Waals surface area contributed by atoms with Crippen LogP contribution in [0.2, 0.25) is 0 Å². The first-order chi connectivity index (χ1) is 21.4. The third-order valence-corrected chi connectivity index (χ3v) is 8.14. The van der Waals surface area contributed by atoms with E-state index in [-0.39, 0.29) is 17.9 Å². The van der Waals surface area contributed by atoms with Crippen LogP contribution in [0.25, 0.3) is 0 Å². The minimum atomic E-state index is -5.22. The van der Waals surface area contributed by atoms with Gasteiger partial charge in [0.25, 0.3) is 16.0 Å². The maximum absolute atomic E-state index is 13.4. The minimum Gasteiger partial charge on any atom is -0.382 e. The highest BCUT2D eigenvalue weighted by molar-refractivity contribution is 7.86. The van der Waals surface area contributed by atoms with Crippen molar-refractivity contribution in [1.82, 2.24) is 20.9 Å². The largest absolute Gasteiger partial charge is 0.405 e. The van der Waals surface area contributed by atoms with Gasteiger partial charge in [0, 0.05) is 14.2 Å². The molecule has 0 bridgehead atoms. The van der Waals surface area contributed by atoms with Gasteiger partial charge in [-0.25, -0.2) is 4.98 Å². The number of ether oxygens (including phenoxy) is 2. The number of halogens is 3. The lowest BCUT2D eigenvalue weighted by atomic mass is 9.91. The van der Waals surface area contributed by atoms with Gasteiger partial charge in [-0.1, -0.05) is 30.3 Å². The van der Waals surface area contributed by atoms with Crippen molar-refractivity contribution in [3.63, 3.8) is 0 Å². The second-order valence-electron chi connectivity index (χ2n) is 10.2. The van der Waals surface area contributed by atoms with Crippen molar-refractivity contribution >= 4 is 45.0 Å². The van der Waals surface area contributed by atoms with Gasteiger partial charge in [0.15, 0.2) is 11.5 Å². The number of Topliss-reactive ketones (excluding diaryl/α,β-unsaturated/α-hetero) is 1. The number of hydrogen-bond donors (Lipinski definition) is 4. The summed E-state index contributed by atoms with van der Waals surface area (Å²) in [6.45, 7) is 0.431. The molecule has 4 N–H and O–H groups in total. The van der Waals surface area contributed by atoms with E-state index in [1.807, 2.05) is 0 Å². The van der Waals surface area contributed by atoms with Crippen molar-refractivity contribution in [2.45, 2.75) is 50.2 Å². The van der Waals surface area contributed by atoms with E-state index in [1.165, 1.54) is 20.4 Å². The molecular weight excluding hydrogens is 661 g/mol. The van der Waals surface area contributed by atoms with Crippen molar-refractivity contribution in [3.05, 3.63) is 52.0 Å². The maximum Gasteiger partial charge on any atom is 0.405 e. The fourth-order valence-electron chi connectivity index (χ4n) is 3.89. The Balaban J connectivity index is 2.25. The number of carbonyl (C=O) groups is 4. The molecule has 1 aromatic carbocycles. The second-order valence-corrected chi connectivity index (χ2v) is 13.1. The number of thiazole rings is 1. The Kier molecular flexibility index (Phi) is 14.2. The highest BCUT2D eigenvalue weighted by atomic mass is 32.2. The van der Waals surface area contributed by atoms with E-state index in [2.05, 4.69) is 25.1 Å². The average molecular weight is 697 g/mol. The van der Waals surface area contributed by atoms with Crippen LogP contribution in [0.4, 0.5) is 13.2 Å². The molecule has 1 heterocycles. The van der Waals surface area contributed by atoms with Crippen molar-refractivity contribution in [2.75, 3.05) is 39.8 Å². The summed E-state index contributed by atoms with van der Waals surface area (Å²) in [5.74, 6) is -5.99. The molecule has 0 saturated carbocycles. The number of alkyl halides is 3. The van der Waals surface area contributed by atoms with Gasteiger partial charge >= 0.3 is 6.18 Å².